The number of aliphatic hydroxyl groups is 2. The molecule has 0 heterocycles. The van der Waals surface area contributed by atoms with Gasteiger partial charge in [-0.3, -0.25) is 13.8 Å². The van der Waals surface area contributed by atoms with Gasteiger partial charge in [0.05, 0.1) is 26.4 Å². The van der Waals surface area contributed by atoms with E-state index in [1.165, 1.54) is 96.3 Å². The van der Waals surface area contributed by atoms with E-state index in [0.29, 0.717) is 6.61 Å². The lowest BCUT2D eigenvalue weighted by Crippen LogP contribution is -2.29. The lowest BCUT2D eigenvalue weighted by molar-refractivity contribution is -0.154. The van der Waals surface area contributed by atoms with Crippen LogP contribution in [0.5, 0.6) is 0 Å². The van der Waals surface area contributed by atoms with E-state index in [1.54, 1.807) is 0 Å². The largest absolute Gasteiger partial charge is 0.472 e. The van der Waals surface area contributed by atoms with E-state index in [-0.39, 0.29) is 19.6 Å². The zero-order valence-electron chi connectivity index (χ0n) is 32.1. The summed E-state index contributed by atoms with van der Waals surface area (Å²) in [6, 6.07) is 0. The number of allylic oxidation sites excluding steroid dienone is 4. The summed E-state index contributed by atoms with van der Waals surface area (Å²) in [5, 5.41) is 18.3. The summed E-state index contributed by atoms with van der Waals surface area (Å²) in [6.07, 6.45) is 37.0. The molecule has 0 aliphatic carbocycles. The Hall–Kier alpha value is -1.06. The number of carbonyl (C=O) groups excluding carboxylic acids is 1. The van der Waals surface area contributed by atoms with Crippen LogP contribution in [0.25, 0.3) is 0 Å². The number of hydrogen-bond donors (Lipinski definition) is 3. The molecule has 0 rings (SSSR count). The zero-order chi connectivity index (χ0) is 36.8. The van der Waals surface area contributed by atoms with Gasteiger partial charge < -0.3 is 24.6 Å². The van der Waals surface area contributed by atoms with Gasteiger partial charge in [-0.05, 0) is 64.2 Å². The molecule has 0 aromatic rings. The van der Waals surface area contributed by atoms with Gasteiger partial charge in [0.2, 0.25) is 0 Å². The average molecular weight is 733 g/mol. The smallest absolute Gasteiger partial charge is 0.457 e. The minimum atomic E-state index is -4.51. The first kappa shape index (κ1) is 48.9. The number of aliphatic hydroxyl groups excluding tert-OH is 2. The Morgan fingerprint density at radius 3 is 1.52 bits per heavy atom. The molecule has 0 aromatic heterocycles. The lowest BCUT2D eigenvalue weighted by Gasteiger charge is -2.20. The van der Waals surface area contributed by atoms with E-state index in [9.17, 15) is 19.4 Å². The van der Waals surface area contributed by atoms with Gasteiger partial charge in [-0.25, -0.2) is 4.57 Å². The Morgan fingerprint density at radius 2 is 1.02 bits per heavy atom. The molecule has 0 aromatic carbocycles. The van der Waals surface area contributed by atoms with Crippen LogP contribution < -0.4 is 0 Å². The highest BCUT2D eigenvalue weighted by atomic mass is 31.2. The molecular formula is C40H77O9P. The molecule has 0 aliphatic heterocycles. The second kappa shape index (κ2) is 37.7. The molecule has 0 bridgehead atoms. The van der Waals surface area contributed by atoms with Gasteiger partial charge in [0.1, 0.15) is 12.2 Å². The highest BCUT2D eigenvalue weighted by Crippen LogP contribution is 2.43. The van der Waals surface area contributed by atoms with Gasteiger partial charge in [-0.2, -0.15) is 0 Å². The van der Waals surface area contributed by atoms with Gasteiger partial charge in [-0.1, -0.05) is 134 Å². The Bertz CT molecular complexity index is 836. The van der Waals surface area contributed by atoms with Gasteiger partial charge in [0, 0.05) is 13.0 Å². The van der Waals surface area contributed by atoms with Crippen molar-refractivity contribution < 1.29 is 43.0 Å². The van der Waals surface area contributed by atoms with E-state index in [0.717, 1.165) is 64.2 Å². The first-order chi connectivity index (χ1) is 24.3. The summed E-state index contributed by atoms with van der Waals surface area (Å²) >= 11 is 0. The summed E-state index contributed by atoms with van der Waals surface area (Å²) in [7, 11) is -4.51. The molecule has 3 atom stereocenters. The standard InChI is InChI=1S/C40H77O9P/c1-3-5-7-9-11-13-15-17-19-20-22-24-26-28-30-32-40(43)49-39(37-48-50(44,45)47-35-38(42)34-41)36-46-33-31-29-27-25-23-21-18-16-14-12-10-8-6-4-2/h14,16-17,19,38-39,41-42H,3-13,15,18,20-37H2,1-2H3,(H,44,45)/b16-14-,19-17-. The molecule has 3 unspecified atom stereocenters. The minimum absolute atomic E-state index is 0.0438. The third-order valence-electron chi connectivity index (χ3n) is 8.61. The molecule has 0 saturated heterocycles. The molecule has 0 fully saturated rings. The van der Waals surface area contributed by atoms with E-state index < -0.39 is 39.2 Å². The normalized spacial score (nSPS) is 14.4. The maximum absolute atomic E-state index is 12.6. The topological polar surface area (TPSA) is 132 Å². The summed E-state index contributed by atoms with van der Waals surface area (Å²) in [4.78, 5) is 22.5. The van der Waals surface area contributed by atoms with E-state index in [2.05, 4.69) is 38.2 Å². The molecule has 0 radical (unpaired) electrons. The molecule has 10 heteroatoms. The summed E-state index contributed by atoms with van der Waals surface area (Å²) < 4.78 is 33.3. The first-order valence-corrected chi connectivity index (χ1v) is 21.8. The summed E-state index contributed by atoms with van der Waals surface area (Å²) in [5.74, 6) is -0.393. The summed E-state index contributed by atoms with van der Waals surface area (Å²) in [6.45, 7) is 3.48. The predicted octanol–water partition coefficient (Wildman–Crippen LogP) is 10.7. The van der Waals surface area contributed by atoms with Crippen LogP contribution in [0.4, 0.5) is 0 Å². The Labute approximate surface area is 306 Å². The number of phosphoric acid groups is 1. The van der Waals surface area contributed by atoms with Crippen LogP contribution in [0.3, 0.4) is 0 Å². The number of carbonyl (C=O) groups is 1. The van der Waals surface area contributed by atoms with Gasteiger partial charge in [-0.15, -0.1) is 0 Å². The van der Waals surface area contributed by atoms with Crippen molar-refractivity contribution in [3.05, 3.63) is 24.3 Å². The SMILES string of the molecule is CCCCCC/C=C\CCCCCCCCOCC(COP(=O)(O)OCC(O)CO)OC(=O)CCCCCCC/C=C\CCCCCCCC. The zero-order valence-corrected chi connectivity index (χ0v) is 33.0. The number of rotatable bonds is 39. The second-order valence-corrected chi connectivity index (χ2v) is 15.1. The first-order valence-electron chi connectivity index (χ1n) is 20.3. The van der Waals surface area contributed by atoms with E-state index in [4.69, 9.17) is 23.6 Å². The van der Waals surface area contributed by atoms with Crippen molar-refractivity contribution in [1.29, 1.82) is 0 Å². The molecule has 296 valence electrons. The van der Waals surface area contributed by atoms with Crippen LogP contribution in [-0.2, 0) is 27.9 Å². The van der Waals surface area contributed by atoms with Crippen molar-refractivity contribution in [2.24, 2.45) is 0 Å². The van der Waals surface area contributed by atoms with Crippen molar-refractivity contribution in [3.8, 4) is 0 Å². The number of phosphoric ester groups is 1. The van der Waals surface area contributed by atoms with Crippen molar-refractivity contribution in [1.82, 2.24) is 0 Å². The predicted molar refractivity (Wildman–Crippen MR) is 205 cm³/mol. The summed E-state index contributed by atoms with van der Waals surface area (Å²) in [5.41, 5.74) is 0. The monoisotopic (exact) mass is 733 g/mol. The fourth-order valence-corrected chi connectivity index (χ4v) is 6.25. The van der Waals surface area contributed by atoms with Gasteiger partial charge >= 0.3 is 13.8 Å². The van der Waals surface area contributed by atoms with Crippen LogP contribution in [0.15, 0.2) is 24.3 Å². The van der Waals surface area contributed by atoms with Crippen LogP contribution in [0.1, 0.15) is 181 Å². The Morgan fingerprint density at radius 1 is 0.600 bits per heavy atom. The average Bonchev–Trinajstić information content (AvgIpc) is 3.10. The van der Waals surface area contributed by atoms with Crippen LogP contribution in [-0.4, -0.2) is 66.3 Å². The van der Waals surface area contributed by atoms with E-state index in [1.807, 2.05) is 0 Å². The Kier molecular flexibility index (Phi) is 36.9. The van der Waals surface area contributed by atoms with E-state index >= 15 is 0 Å². The number of ether oxygens (including phenoxy) is 2. The molecule has 0 saturated carbocycles. The minimum Gasteiger partial charge on any atom is -0.457 e. The fourth-order valence-electron chi connectivity index (χ4n) is 5.46. The Balaban J connectivity index is 4.22. The maximum atomic E-state index is 12.6. The van der Waals surface area contributed by atoms with Crippen LogP contribution in [0, 0.1) is 0 Å². The third kappa shape index (κ3) is 36.7. The third-order valence-corrected chi connectivity index (χ3v) is 9.56. The number of esters is 1. The molecule has 0 aliphatic rings. The molecule has 0 spiro atoms. The lowest BCUT2D eigenvalue weighted by atomic mass is 10.1. The van der Waals surface area contributed by atoms with Crippen molar-refractivity contribution in [2.75, 3.05) is 33.0 Å². The number of unbranched alkanes of at least 4 members (excludes halogenated alkanes) is 21. The highest BCUT2D eigenvalue weighted by molar-refractivity contribution is 7.47. The van der Waals surface area contributed by atoms with Crippen molar-refractivity contribution >= 4 is 13.8 Å². The molecule has 3 N–H and O–H groups in total. The number of hydrogen-bond acceptors (Lipinski definition) is 8. The highest BCUT2D eigenvalue weighted by Gasteiger charge is 2.26. The van der Waals surface area contributed by atoms with Crippen LogP contribution >= 0.6 is 7.82 Å². The quantitative estimate of drug-likeness (QED) is 0.0244. The van der Waals surface area contributed by atoms with Gasteiger partial charge in [0.25, 0.3) is 0 Å². The fraction of sp³-hybridized carbons (Fsp3) is 0.875. The van der Waals surface area contributed by atoms with Crippen molar-refractivity contribution in [2.45, 2.75) is 193 Å². The molecule has 50 heavy (non-hydrogen) atoms. The molecule has 0 amide bonds. The van der Waals surface area contributed by atoms with Crippen LogP contribution in [0.2, 0.25) is 0 Å². The van der Waals surface area contributed by atoms with Crippen molar-refractivity contribution in [3.63, 3.8) is 0 Å². The maximum Gasteiger partial charge on any atom is 0.472 e. The molecular weight excluding hydrogens is 655 g/mol. The second-order valence-electron chi connectivity index (χ2n) is 13.6. The molecule has 9 nitrogen and oxygen atoms in total. The van der Waals surface area contributed by atoms with Gasteiger partial charge in [0.15, 0.2) is 0 Å².